The summed E-state index contributed by atoms with van der Waals surface area (Å²) in [5, 5.41) is 13.7. The molecular formula is C21H17ClF2N4O2. The highest BCUT2D eigenvalue weighted by Crippen LogP contribution is 2.33. The summed E-state index contributed by atoms with van der Waals surface area (Å²) < 4.78 is 30.0. The molecule has 6 nitrogen and oxygen atoms in total. The van der Waals surface area contributed by atoms with Gasteiger partial charge >= 0.3 is 0 Å². The zero-order valence-electron chi connectivity index (χ0n) is 15.9. The van der Waals surface area contributed by atoms with E-state index in [9.17, 15) is 13.6 Å². The van der Waals surface area contributed by atoms with Crippen molar-refractivity contribution in [3.63, 3.8) is 0 Å². The van der Waals surface area contributed by atoms with Crippen molar-refractivity contribution in [1.82, 2.24) is 14.8 Å². The Kier molecular flexibility index (Phi) is 5.27. The van der Waals surface area contributed by atoms with Gasteiger partial charge in [-0.05, 0) is 24.3 Å². The van der Waals surface area contributed by atoms with E-state index in [0.717, 1.165) is 22.5 Å². The lowest BCUT2D eigenvalue weighted by Gasteiger charge is -2.17. The van der Waals surface area contributed by atoms with Gasteiger partial charge < -0.3 is 15.0 Å². The molecule has 2 aromatic heterocycles. The number of fused-ring (bicyclic) bond motifs is 1. The van der Waals surface area contributed by atoms with Crippen LogP contribution in [0.15, 0.2) is 53.5 Å². The Hall–Kier alpha value is -3.23. The lowest BCUT2D eigenvalue weighted by molar-refractivity contribution is 0.304. The Morgan fingerprint density at radius 3 is 2.47 bits per heavy atom. The maximum absolute atomic E-state index is 14.5. The van der Waals surface area contributed by atoms with E-state index in [-0.39, 0.29) is 28.2 Å². The van der Waals surface area contributed by atoms with Gasteiger partial charge in [-0.25, -0.2) is 13.5 Å². The molecule has 0 unspecified atom stereocenters. The number of hydrogen-bond acceptors (Lipinski definition) is 4. The maximum atomic E-state index is 14.5. The predicted octanol–water partition coefficient (Wildman–Crippen LogP) is 3.74. The number of rotatable bonds is 5. The van der Waals surface area contributed by atoms with Gasteiger partial charge in [-0.15, -0.1) is 0 Å². The standard InChI is InChI=1S/C21H17ClF2N4O2/c1-27(9-10-29)13-7-5-12(6-8-13)18-17-19(14(22)11-25-21(17)30)28(26-18)20-15(23)3-2-4-16(20)24/h2-8,11,29H,9-10H2,1H3,(H,25,30). The molecule has 0 bridgehead atoms. The highest BCUT2D eigenvalue weighted by atomic mass is 35.5. The summed E-state index contributed by atoms with van der Waals surface area (Å²) >= 11 is 6.28. The van der Waals surface area contributed by atoms with E-state index in [2.05, 4.69) is 10.1 Å². The van der Waals surface area contributed by atoms with Gasteiger partial charge in [0.05, 0.1) is 17.0 Å². The van der Waals surface area contributed by atoms with Crippen molar-refractivity contribution in [2.75, 3.05) is 25.1 Å². The van der Waals surface area contributed by atoms with Crippen LogP contribution in [0.4, 0.5) is 14.5 Å². The van der Waals surface area contributed by atoms with Crippen LogP contribution in [0.25, 0.3) is 27.8 Å². The summed E-state index contributed by atoms with van der Waals surface area (Å²) in [5.74, 6) is -1.66. The number of likely N-dealkylation sites (N-methyl/N-ethyl adjacent to an activating group) is 1. The fourth-order valence-electron chi connectivity index (χ4n) is 3.33. The number of hydrogen-bond donors (Lipinski definition) is 2. The molecule has 0 aliphatic rings. The van der Waals surface area contributed by atoms with Gasteiger partial charge in [0.2, 0.25) is 0 Å². The minimum absolute atomic E-state index is 0.00930. The topological polar surface area (TPSA) is 74.2 Å². The van der Waals surface area contributed by atoms with Crippen LogP contribution in [0.3, 0.4) is 0 Å². The van der Waals surface area contributed by atoms with Gasteiger partial charge in [0.25, 0.3) is 5.56 Å². The lowest BCUT2D eigenvalue weighted by atomic mass is 10.1. The molecule has 2 aromatic carbocycles. The molecule has 0 fully saturated rings. The first kappa shape index (κ1) is 20.1. The van der Waals surface area contributed by atoms with Crippen LogP contribution in [0.1, 0.15) is 0 Å². The summed E-state index contributed by atoms with van der Waals surface area (Å²) in [6.45, 7) is 0.466. The van der Waals surface area contributed by atoms with Gasteiger partial charge in [-0.3, -0.25) is 4.79 Å². The second-order valence-electron chi connectivity index (χ2n) is 6.71. The van der Waals surface area contributed by atoms with Crippen LogP contribution in [-0.2, 0) is 0 Å². The van der Waals surface area contributed by atoms with E-state index in [4.69, 9.17) is 16.7 Å². The van der Waals surface area contributed by atoms with Crippen molar-refractivity contribution in [1.29, 1.82) is 0 Å². The minimum atomic E-state index is -0.830. The number of benzene rings is 2. The fraction of sp³-hybridized carbons (Fsp3) is 0.143. The van der Waals surface area contributed by atoms with Gasteiger partial charge in [-0.2, -0.15) is 5.10 Å². The van der Waals surface area contributed by atoms with Gasteiger partial charge in [0, 0.05) is 31.0 Å². The van der Waals surface area contributed by atoms with Crippen LogP contribution in [0.5, 0.6) is 0 Å². The third-order valence-corrected chi connectivity index (χ3v) is 5.12. The number of aliphatic hydroxyl groups excluding tert-OH is 1. The Bertz CT molecular complexity index is 1260. The monoisotopic (exact) mass is 430 g/mol. The number of aliphatic hydroxyl groups is 1. The summed E-state index contributed by atoms with van der Waals surface area (Å²) in [4.78, 5) is 17.0. The molecule has 30 heavy (non-hydrogen) atoms. The van der Waals surface area contributed by atoms with E-state index < -0.39 is 22.9 Å². The summed E-state index contributed by atoms with van der Waals surface area (Å²) in [6.07, 6.45) is 1.26. The number of para-hydroxylation sites is 1. The SMILES string of the molecule is CN(CCO)c1ccc(-c2nn(-c3c(F)cccc3F)c3c(Cl)c[nH]c(=O)c23)cc1. The molecular weight excluding hydrogens is 414 g/mol. The molecule has 4 rings (SSSR count). The number of H-pyrrole nitrogens is 1. The average molecular weight is 431 g/mol. The summed E-state index contributed by atoms with van der Waals surface area (Å²) in [6, 6.07) is 10.6. The Balaban J connectivity index is 1.96. The summed E-state index contributed by atoms with van der Waals surface area (Å²) in [7, 11) is 1.83. The van der Waals surface area contributed by atoms with Crippen LogP contribution in [0.2, 0.25) is 5.02 Å². The molecule has 0 radical (unpaired) electrons. The number of halogens is 3. The third-order valence-electron chi connectivity index (χ3n) is 4.83. The third kappa shape index (κ3) is 3.34. The minimum Gasteiger partial charge on any atom is -0.395 e. The van der Waals surface area contributed by atoms with Gasteiger partial charge in [0.1, 0.15) is 16.9 Å². The smallest absolute Gasteiger partial charge is 0.259 e. The largest absolute Gasteiger partial charge is 0.395 e. The van der Waals surface area contributed by atoms with E-state index in [1.807, 2.05) is 11.9 Å². The second-order valence-corrected chi connectivity index (χ2v) is 7.12. The first-order valence-corrected chi connectivity index (χ1v) is 9.47. The molecule has 0 saturated carbocycles. The molecule has 0 amide bonds. The molecule has 0 aliphatic heterocycles. The van der Waals surface area contributed by atoms with Gasteiger partial charge in [0.15, 0.2) is 11.6 Å². The van der Waals surface area contributed by atoms with Crippen LogP contribution in [0, 0.1) is 11.6 Å². The lowest BCUT2D eigenvalue weighted by Crippen LogP contribution is -2.20. The molecule has 0 atom stereocenters. The second kappa shape index (κ2) is 7.89. The van der Waals surface area contributed by atoms with Crippen molar-refractivity contribution >= 4 is 28.2 Å². The molecule has 2 N–H and O–H groups in total. The van der Waals surface area contributed by atoms with E-state index in [0.29, 0.717) is 12.1 Å². The van der Waals surface area contributed by atoms with Crippen LogP contribution in [-0.4, -0.2) is 40.1 Å². The molecule has 0 aliphatic carbocycles. The van der Waals surface area contributed by atoms with E-state index in [1.165, 1.54) is 12.3 Å². The molecule has 0 spiro atoms. The Labute approximate surface area is 174 Å². The zero-order valence-corrected chi connectivity index (χ0v) is 16.6. The highest BCUT2D eigenvalue weighted by Gasteiger charge is 2.23. The maximum Gasteiger partial charge on any atom is 0.259 e. The number of nitrogens with zero attached hydrogens (tertiary/aromatic N) is 3. The van der Waals surface area contributed by atoms with Crippen molar-refractivity contribution in [2.24, 2.45) is 0 Å². The van der Waals surface area contributed by atoms with E-state index >= 15 is 0 Å². The van der Waals surface area contributed by atoms with Crippen molar-refractivity contribution in [3.8, 4) is 16.9 Å². The van der Waals surface area contributed by atoms with Crippen molar-refractivity contribution < 1.29 is 13.9 Å². The molecule has 0 saturated heterocycles. The fourth-order valence-corrected chi connectivity index (χ4v) is 3.56. The number of anilines is 1. The normalized spacial score (nSPS) is 11.2. The molecule has 9 heteroatoms. The molecule has 154 valence electrons. The van der Waals surface area contributed by atoms with Crippen molar-refractivity contribution in [3.05, 3.63) is 75.7 Å². The number of pyridine rings is 1. The highest BCUT2D eigenvalue weighted by molar-refractivity contribution is 6.35. The Morgan fingerprint density at radius 2 is 1.83 bits per heavy atom. The number of nitrogens with one attached hydrogen (secondary N) is 1. The molecule has 4 aromatic rings. The van der Waals surface area contributed by atoms with Crippen molar-refractivity contribution in [2.45, 2.75) is 0 Å². The quantitative estimate of drug-likeness (QED) is 0.506. The van der Waals surface area contributed by atoms with Crippen LogP contribution < -0.4 is 10.5 Å². The first-order chi connectivity index (χ1) is 14.4. The summed E-state index contributed by atoms with van der Waals surface area (Å²) in [5.41, 5.74) is 0.885. The zero-order chi connectivity index (χ0) is 21.4. The number of aromatic nitrogens is 3. The van der Waals surface area contributed by atoms with Crippen LogP contribution >= 0.6 is 11.6 Å². The van der Waals surface area contributed by atoms with E-state index in [1.54, 1.807) is 24.3 Å². The predicted molar refractivity (Wildman–Crippen MR) is 112 cm³/mol. The number of aromatic amines is 1. The van der Waals surface area contributed by atoms with Gasteiger partial charge in [-0.1, -0.05) is 29.8 Å². The Morgan fingerprint density at radius 1 is 1.17 bits per heavy atom. The first-order valence-electron chi connectivity index (χ1n) is 9.09. The average Bonchev–Trinajstić information content (AvgIpc) is 3.12. The molecule has 2 heterocycles.